The molecule has 2 aromatic rings. The molecule has 0 aliphatic rings. The highest BCUT2D eigenvalue weighted by Crippen LogP contribution is 2.28. The minimum atomic E-state index is 0. The summed E-state index contributed by atoms with van der Waals surface area (Å²) in [5.41, 5.74) is 2.34. The van der Waals surface area contributed by atoms with Gasteiger partial charge in [-0.2, -0.15) is 0 Å². The first-order valence-electron chi connectivity index (χ1n) is 10.3. The maximum absolute atomic E-state index is 5.70. The molecule has 6 nitrogen and oxygen atoms in total. The van der Waals surface area contributed by atoms with Crippen molar-refractivity contribution in [3.8, 4) is 11.5 Å². The van der Waals surface area contributed by atoms with E-state index in [0.717, 1.165) is 49.1 Å². The van der Waals surface area contributed by atoms with E-state index in [2.05, 4.69) is 52.0 Å². The predicted molar refractivity (Wildman–Crippen MR) is 137 cm³/mol. The van der Waals surface area contributed by atoms with Crippen LogP contribution in [0, 0.1) is 0 Å². The smallest absolute Gasteiger partial charge is 0.190 e. The highest BCUT2D eigenvalue weighted by atomic mass is 127. The Bertz CT molecular complexity index is 780. The van der Waals surface area contributed by atoms with Gasteiger partial charge < -0.3 is 20.1 Å². The molecule has 0 atom stereocenters. The number of hydrogen-bond donors (Lipinski definition) is 2. The molecule has 0 aliphatic carbocycles. The van der Waals surface area contributed by atoms with Crippen LogP contribution >= 0.6 is 35.3 Å². The van der Waals surface area contributed by atoms with Crippen molar-refractivity contribution in [1.29, 1.82) is 0 Å². The number of rotatable bonds is 11. The summed E-state index contributed by atoms with van der Waals surface area (Å²) in [5.74, 6) is 2.90. The van der Waals surface area contributed by atoms with Gasteiger partial charge in [0, 0.05) is 37.9 Å². The number of benzene rings is 1. The fourth-order valence-corrected chi connectivity index (χ4v) is 3.68. The average Bonchev–Trinajstić information content (AvgIpc) is 3.18. The molecule has 30 heavy (non-hydrogen) atoms. The molecule has 0 unspecified atom stereocenters. The molecule has 1 aromatic heterocycles. The summed E-state index contributed by atoms with van der Waals surface area (Å²) in [7, 11) is 1.79. The Labute approximate surface area is 201 Å². The summed E-state index contributed by atoms with van der Waals surface area (Å²) in [6, 6.07) is 6.12. The van der Waals surface area contributed by atoms with Crippen molar-refractivity contribution in [3.05, 3.63) is 39.8 Å². The van der Waals surface area contributed by atoms with Crippen molar-refractivity contribution < 1.29 is 9.47 Å². The third kappa shape index (κ3) is 8.67. The van der Waals surface area contributed by atoms with Crippen LogP contribution in [-0.2, 0) is 12.8 Å². The molecule has 168 valence electrons. The van der Waals surface area contributed by atoms with Crippen molar-refractivity contribution in [2.75, 3.05) is 33.4 Å². The maximum Gasteiger partial charge on any atom is 0.190 e. The molecule has 1 aromatic carbocycles. The van der Waals surface area contributed by atoms with Crippen LogP contribution < -0.4 is 20.1 Å². The van der Waals surface area contributed by atoms with E-state index in [1.165, 1.54) is 10.6 Å². The first-order chi connectivity index (χ1) is 14.1. The van der Waals surface area contributed by atoms with E-state index in [-0.39, 0.29) is 24.0 Å². The number of nitrogens with zero attached hydrogens (tertiary/aromatic N) is 2. The number of ether oxygens (including phenoxy) is 2. The quantitative estimate of drug-likeness (QED) is 0.245. The Morgan fingerprint density at radius 3 is 2.33 bits per heavy atom. The van der Waals surface area contributed by atoms with Crippen LogP contribution in [0.2, 0.25) is 0 Å². The first-order valence-corrected chi connectivity index (χ1v) is 11.2. The summed E-state index contributed by atoms with van der Waals surface area (Å²) >= 11 is 1.74. The van der Waals surface area contributed by atoms with Crippen molar-refractivity contribution in [3.63, 3.8) is 0 Å². The molecular formula is C22H35IN4O2S. The number of halogens is 1. The predicted octanol–water partition coefficient (Wildman–Crippen LogP) is 4.63. The van der Waals surface area contributed by atoms with Gasteiger partial charge in [0.15, 0.2) is 17.5 Å². The van der Waals surface area contributed by atoms with Crippen LogP contribution in [0.1, 0.15) is 49.9 Å². The zero-order valence-electron chi connectivity index (χ0n) is 18.7. The van der Waals surface area contributed by atoms with Gasteiger partial charge in [-0.05, 0) is 38.0 Å². The van der Waals surface area contributed by atoms with Crippen LogP contribution in [-0.4, -0.2) is 44.3 Å². The summed E-state index contributed by atoms with van der Waals surface area (Å²) in [6.45, 7) is 11.1. The van der Waals surface area contributed by atoms with Crippen molar-refractivity contribution >= 4 is 41.3 Å². The molecule has 0 spiro atoms. The van der Waals surface area contributed by atoms with Gasteiger partial charge in [-0.3, -0.25) is 4.99 Å². The second-order valence-corrected chi connectivity index (χ2v) is 7.79. The lowest BCUT2D eigenvalue weighted by atomic mass is 10.1. The second-order valence-electron chi connectivity index (χ2n) is 6.90. The van der Waals surface area contributed by atoms with Gasteiger partial charge >= 0.3 is 0 Å². The maximum atomic E-state index is 5.70. The topological polar surface area (TPSA) is 67.8 Å². The number of nitrogens with one attached hydrogen (secondary N) is 2. The molecule has 2 rings (SSSR count). The Hall–Kier alpha value is -1.55. The van der Waals surface area contributed by atoms with Gasteiger partial charge in [0.05, 0.1) is 23.9 Å². The van der Waals surface area contributed by atoms with Gasteiger partial charge in [0.1, 0.15) is 0 Å². The minimum absolute atomic E-state index is 0. The molecule has 0 saturated heterocycles. The van der Waals surface area contributed by atoms with E-state index in [9.17, 15) is 0 Å². The van der Waals surface area contributed by atoms with Crippen LogP contribution in [0.15, 0.2) is 28.6 Å². The minimum Gasteiger partial charge on any atom is -0.490 e. The Morgan fingerprint density at radius 2 is 1.73 bits per heavy atom. The Balaban J connectivity index is 0.00000450. The number of aliphatic imine (C=N–C) groups is 1. The van der Waals surface area contributed by atoms with E-state index >= 15 is 0 Å². The lowest BCUT2D eigenvalue weighted by Crippen LogP contribution is -2.39. The van der Waals surface area contributed by atoms with Gasteiger partial charge in [0.2, 0.25) is 0 Å². The lowest BCUT2D eigenvalue weighted by molar-refractivity contribution is 0.287. The standard InChI is InChI=1S/C22H34N4O2S.HI/c1-6-27-19-9-8-17(14-20(19)28-7-2)10-12-24-22(23-5)25-13-11-18-15-29-21(26-18)16(3)4;/h8-9,14-16H,6-7,10-13H2,1-5H3,(H2,23,24,25);1H. The summed E-state index contributed by atoms with van der Waals surface area (Å²) in [6.07, 6.45) is 1.76. The Kier molecular flexibility index (Phi) is 12.8. The normalized spacial score (nSPS) is 11.2. The third-order valence-corrected chi connectivity index (χ3v) is 5.47. The largest absolute Gasteiger partial charge is 0.490 e. The highest BCUT2D eigenvalue weighted by Gasteiger charge is 2.08. The zero-order valence-corrected chi connectivity index (χ0v) is 21.8. The Morgan fingerprint density at radius 1 is 1.07 bits per heavy atom. The molecule has 0 fully saturated rings. The van der Waals surface area contributed by atoms with Crippen molar-refractivity contribution in [1.82, 2.24) is 15.6 Å². The molecule has 0 amide bonds. The number of thiazole rings is 1. The fraction of sp³-hybridized carbons (Fsp3) is 0.545. The molecular weight excluding hydrogens is 511 g/mol. The summed E-state index contributed by atoms with van der Waals surface area (Å²) in [4.78, 5) is 8.98. The summed E-state index contributed by atoms with van der Waals surface area (Å²) in [5, 5.41) is 10.1. The van der Waals surface area contributed by atoms with E-state index in [1.807, 2.05) is 19.9 Å². The van der Waals surface area contributed by atoms with E-state index < -0.39 is 0 Å². The van der Waals surface area contributed by atoms with Crippen LogP contribution in [0.3, 0.4) is 0 Å². The zero-order chi connectivity index (χ0) is 21.1. The van der Waals surface area contributed by atoms with E-state index in [0.29, 0.717) is 19.1 Å². The second kappa shape index (κ2) is 14.5. The van der Waals surface area contributed by atoms with Crippen LogP contribution in [0.5, 0.6) is 11.5 Å². The molecule has 0 bridgehead atoms. The number of hydrogen-bond acceptors (Lipinski definition) is 5. The van der Waals surface area contributed by atoms with Crippen molar-refractivity contribution in [2.24, 2.45) is 4.99 Å². The van der Waals surface area contributed by atoms with Crippen molar-refractivity contribution in [2.45, 2.75) is 46.5 Å². The highest BCUT2D eigenvalue weighted by molar-refractivity contribution is 14.0. The van der Waals surface area contributed by atoms with E-state index in [1.54, 1.807) is 18.4 Å². The lowest BCUT2D eigenvalue weighted by Gasteiger charge is -2.14. The molecule has 1 heterocycles. The molecule has 0 saturated carbocycles. The molecule has 2 N–H and O–H groups in total. The van der Waals surface area contributed by atoms with Crippen LogP contribution in [0.4, 0.5) is 0 Å². The average molecular weight is 547 g/mol. The SMILES string of the molecule is CCOc1ccc(CCNC(=NC)NCCc2csc(C(C)C)n2)cc1OCC.I. The van der Waals surface area contributed by atoms with Gasteiger partial charge in [0.25, 0.3) is 0 Å². The first kappa shape index (κ1) is 26.5. The fourth-order valence-electron chi connectivity index (χ4n) is 2.81. The van der Waals surface area contributed by atoms with Gasteiger partial charge in [-0.15, -0.1) is 35.3 Å². The number of aromatic nitrogens is 1. The molecule has 8 heteroatoms. The summed E-state index contributed by atoms with van der Waals surface area (Å²) < 4.78 is 11.3. The molecule has 0 aliphatic heterocycles. The number of guanidine groups is 1. The van der Waals surface area contributed by atoms with E-state index in [4.69, 9.17) is 9.47 Å². The third-order valence-electron chi connectivity index (χ3n) is 4.27. The van der Waals surface area contributed by atoms with Crippen LogP contribution in [0.25, 0.3) is 0 Å². The van der Waals surface area contributed by atoms with Gasteiger partial charge in [-0.1, -0.05) is 19.9 Å². The van der Waals surface area contributed by atoms with Gasteiger partial charge in [-0.25, -0.2) is 4.98 Å². The monoisotopic (exact) mass is 546 g/mol. The molecule has 0 radical (unpaired) electrons.